The predicted molar refractivity (Wildman–Crippen MR) is 73.0 cm³/mol. The van der Waals surface area contributed by atoms with Gasteiger partial charge in [0.1, 0.15) is 11.5 Å². The zero-order valence-electron chi connectivity index (χ0n) is 10.4. The lowest BCUT2D eigenvalue weighted by Gasteiger charge is -2.08. The van der Waals surface area contributed by atoms with Crippen molar-refractivity contribution in [2.24, 2.45) is 0 Å². The Kier molecular flexibility index (Phi) is 4.07. The fourth-order valence-corrected chi connectivity index (χ4v) is 1.73. The van der Waals surface area contributed by atoms with Crippen LogP contribution in [0, 0.1) is 0 Å². The lowest BCUT2D eigenvalue weighted by atomic mass is 10.2. The second-order valence-corrected chi connectivity index (χ2v) is 3.98. The average molecular weight is 243 g/mol. The normalized spacial score (nSPS) is 10.1. The first-order valence-corrected chi connectivity index (χ1v) is 6.02. The Bertz CT molecular complexity index is 511. The fourth-order valence-electron chi connectivity index (χ4n) is 1.73. The number of benzene rings is 2. The van der Waals surface area contributed by atoms with Crippen molar-refractivity contribution in [3.8, 4) is 11.5 Å². The van der Waals surface area contributed by atoms with Crippen LogP contribution in [0.25, 0.3) is 0 Å². The third-order valence-corrected chi connectivity index (χ3v) is 2.55. The van der Waals surface area contributed by atoms with Crippen LogP contribution in [-0.2, 0) is 6.54 Å². The van der Waals surface area contributed by atoms with Crippen LogP contribution in [-0.4, -0.2) is 11.7 Å². The van der Waals surface area contributed by atoms with Crippen LogP contribution in [0.3, 0.4) is 0 Å². The number of phenols is 1. The van der Waals surface area contributed by atoms with Gasteiger partial charge in [-0.2, -0.15) is 0 Å². The minimum Gasteiger partial charge on any atom is -0.508 e. The highest BCUT2D eigenvalue weighted by atomic mass is 16.5. The van der Waals surface area contributed by atoms with Gasteiger partial charge in [0.05, 0.1) is 6.61 Å². The molecule has 2 aromatic carbocycles. The van der Waals surface area contributed by atoms with E-state index in [0.29, 0.717) is 13.2 Å². The molecular formula is C15H17NO2. The molecule has 0 aliphatic rings. The van der Waals surface area contributed by atoms with Gasteiger partial charge in [-0.1, -0.05) is 18.2 Å². The number of hydrogen-bond acceptors (Lipinski definition) is 3. The summed E-state index contributed by atoms with van der Waals surface area (Å²) in [5.41, 5.74) is 2.04. The Morgan fingerprint density at radius 1 is 1.11 bits per heavy atom. The van der Waals surface area contributed by atoms with Gasteiger partial charge in [-0.3, -0.25) is 0 Å². The molecule has 0 aliphatic carbocycles. The molecule has 0 bridgehead atoms. The maximum absolute atomic E-state index is 9.36. The van der Waals surface area contributed by atoms with Crippen molar-refractivity contribution in [2.75, 3.05) is 11.9 Å². The largest absolute Gasteiger partial charge is 0.508 e. The van der Waals surface area contributed by atoms with Gasteiger partial charge in [-0.15, -0.1) is 0 Å². The molecule has 2 rings (SSSR count). The molecular weight excluding hydrogens is 226 g/mol. The molecule has 0 amide bonds. The molecule has 0 aliphatic heterocycles. The summed E-state index contributed by atoms with van der Waals surface area (Å²) in [6.07, 6.45) is 0. The Labute approximate surface area is 107 Å². The molecule has 94 valence electrons. The summed E-state index contributed by atoms with van der Waals surface area (Å²) >= 11 is 0. The molecule has 3 heteroatoms. The summed E-state index contributed by atoms with van der Waals surface area (Å²) in [7, 11) is 0. The van der Waals surface area contributed by atoms with E-state index in [0.717, 1.165) is 17.0 Å². The molecule has 0 unspecified atom stereocenters. The predicted octanol–water partition coefficient (Wildman–Crippen LogP) is 3.40. The van der Waals surface area contributed by atoms with Gasteiger partial charge in [0, 0.05) is 18.3 Å². The van der Waals surface area contributed by atoms with Gasteiger partial charge < -0.3 is 15.2 Å². The van der Waals surface area contributed by atoms with E-state index in [1.165, 1.54) is 0 Å². The first kappa shape index (κ1) is 12.3. The molecule has 0 fully saturated rings. The zero-order chi connectivity index (χ0) is 12.8. The number of phenolic OH excluding ortho intramolecular Hbond substituents is 1. The molecule has 2 aromatic rings. The van der Waals surface area contributed by atoms with Crippen molar-refractivity contribution in [1.29, 1.82) is 0 Å². The summed E-state index contributed by atoms with van der Waals surface area (Å²) in [6, 6.07) is 15.1. The Morgan fingerprint density at radius 3 is 2.72 bits per heavy atom. The number of ether oxygens (including phenoxy) is 1. The summed E-state index contributed by atoms with van der Waals surface area (Å²) in [5, 5.41) is 12.6. The van der Waals surface area contributed by atoms with Gasteiger partial charge in [0.15, 0.2) is 0 Å². The number of nitrogens with one attached hydrogen (secondary N) is 1. The Hall–Kier alpha value is -2.16. The van der Waals surface area contributed by atoms with E-state index in [2.05, 4.69) is 5.32 Å². The summed E-state index contributed by atoms with van der Waals surface area (Å²) in [6.45, 7) is 3.34. The first-order chi connectivity index (χ1) is 8.78. The van der Waals surface area contributed by atoms with Gasteiger partial charge in [-0.05, 0) is 36.8 Å². The lowest BCUT2D eigenvalue weighted by Crippen LogP contribution is -2.00. The van der Waals surface area contributed by atoms with Crippen LogP contribution in [0.1, 0.15) is 12.5 Å². The standard InChI is InChI=1S/C15H17NO2/c1-2-18-15-8-3-5-12(9-15)11-16-13-6-4-7-14(17)10-13/h3-10,16-17H,2,11H2,1H3. The van der Waals surface area contributed by atoms with Crippen LogP contribution in [0.5, 0.6) is 11.5 Å². The lowest BCUT2D eigenvalue weighted by molar-refractivity contribution is 0.340. The highest BCUT2D eigenvalue weighted by Gasteiger charge is 1.97. The van der Waals surface area contributed by atoms with Crippen molar-refractivity contribution in [2.45, 2.75) is 13.5 Å². The molecule has 0 spiro atoms. The van der Waals surface area contributed by atoms with Crippen molar-refractivity contribution in [3.63, 3.8) is 0 Å². The van der Waals surface area contributed by atoms with E-state index in [4.69, 9.17) is 4.74 Å². The molecule has 2 N–H and O–H groups in total. The molecule has 3 nitrogen and oxygen atoms in total. The van der Waals surface area contributed by atoms with E-state index in [1.807, 2.05) is 43.3 Å². The van der Waals surface area contributed by atoms with E-state index in [9.17, 15) is 5.11 Å². The van der Waals surface area contributed by atoms with Gasteiger partial charge in [0.25, 0.3) is 0 Å². The fraction of sp³-hybridized carbons (Fsp3) is 0.200. The third kappa shape index (κ3) is 3.42. The SMILES string of the molecule is CCOc1cccc(CNc2cccc(O)c2)c1. The quantitative estimate of drug-likeness (QED) is 0.845. The second kappa shape index (κ2) is 5.96. The average Bonchev–Trinajstić information content (AvgIpc) is 2.37. The minimum atomic E-state index is 0.267. The highest BCUT2D eigenvalue weighted by molar-refractivity contribution is 5.48. The molecule has 18 heavy (non-hydrogen) atoms. The molecule has 0 atom stereocenters. The number of rotatable bonds is 5. The first-order valence-electron chi connectivity index (χ1n) is 6.02. The summed E-state index contributed by atoms with van der Waals surface area (Å²) in [5.74, 6) is 1.15. The van der Waals surface area contributed by atoms with Crippen molar-refractivity contribution in [3.05, 3.63) is 54.1 Å². The smallest absolute Gasteiger partial charge is 0.119 e. The van der Waals surface area contributed by atoms with Crippen molar-refractivity contribution >= 4 is 5.69 Å². The molecule has 0 aromatic heterocycles. The Morgan fingerprint density at radius 2 is 1.94 bits per heavy atom. The van der Waals surface area contributed by atoms with Crippen molar-refractivity contribution in [1.82, 2.24) is 0 Å². The monoisotopic (exact) mass is 243 g/mol. The topological polar surface area (TPSA) is 41.5 Å². The number of aromatic hydroxyl groups is 1. The molecule has 0 saturated carbocycles. The van der Waals surface area contributed by atoms with Gasteiger partial charge in [0.2, 0.25) is 0 Å². The maximum Gasteiger partial charge on any atom is 0.119 e. The van der Waals surface area contributed by atoms with Gasteiger partial charge in [-0.25, -0.2) is 0 Å². The van der Waals surface area contributed by atoms with Crippen LogP contribution < -0.4 is 10.1 Å². The van der Waals surface area contributed by atoms with Crippen molar-refractivity contribution < 1.29 is 9.84 Å². The zero-order valence-corrected chi connectivity index (χ0v) is 10.4. The minimum absolute atomic E-state index is 0.267. The van der Waals surface area contributed by atoms with E-state index < -0.39 is 0 Å². The molecule has 0 saturated heterocycles. The summed E-state index contributed by atoms with van der Waals surface area (Å²) in [4.78, 5) is 0. The van der Waals surface area contributed by atoms with E-state index in [-0.39, 0.29) is 5.75 Å². The second-order valence-electron chi connectivity index (χ2n) is 3.98. The van der Waals surface area contributed by atoms with E-state index >= 15 is 0 Å². The van der Waals surface area contributed by atoms with Crippen LogP contribution >= 0.6 is 0 Å². The highest BCUT2D eigenvalue weighted by Crippen LogP contribution is 2.18. The third-order valence-electron chi connectivity index (χ3n) is 2.55. The van der Waals surface area contributed by atoms with Crippen LogP contribution in [0.2, 0.25) is 0 Å². The Balaban J connectivity index is 1.99. The van der Waals surface area contributed by atoms with Crippen LogP contribution in [0.4, 0.5) is 5.69 Å². The maximum atomic E-state index is 9.36. The van der Waals surface area contributed by atoms with Gasteiger partial charge >= 0.3 is 0 Å². The van der Waals surface area contributed by atoms with E-state index in [1.54, 1.807) is 12.1 Å². The summed E-state index contributed by atoms with van der Waals surface area (Å²) < 4.78 is 5.45. The number of hydrogen-bond donors (Lipinski definition) is 2. The molecule has 0 radical (unpaired) electrons. The number of anilines is 1. The molecule has 0 heterocycles. The van der Waals surface area contributed by atoms with Crippen LogP contribution in [0.15, 0.2) is 48.5 Å².